The first kappa shape index (κ1) is 14.3. The number of hydrogen-bond donors (Lipinski definition) is 2. The van der Waals surface area contributed by atoms with E-state index in [1.807, 2.05) is 36.4 Å². The first-order valence-electron chi connectivity index (χ1n) is 7.62. The molecule has 118 valence electrons. The number of aromatic amines is 1. The lowest BCUT2D eigenvalue weighted by molar-refractivity contribution is 0.0952. The number of nitrogens with one attached hydrogen (secondary N) is 2. The number of furan rings is 1. The Morgan fingerprint density at radius 2 is 2.08 bits per heavy atom. The van der Waals surface area contributed by atoms with Crippen LogP contribution in [0.25, 0.3) is 22.0 Å². The Balaban J connectivity index is 1.51. The molecule has 0 saturated heterocycles. The highest BCUT2D eigenvalue weighted by Gasteiger charge is 2.11. The highest BCUT2D eigenvalue weighted by atomic mass is 16.3. The number of nitrogens with zero attached hydrogens (tertiary/aromatic N) is 1. The van der Waals surface area contributed by atoms with Crippen LogP contribution in [-0.4, -0.2) is 15.9 Å². The van der Waals surface area contributed by atoms with E-state index in [1.54, 1.807) is 31.1 Å². The van der Waals surface area contributed by atoms with E-state index >= 15 is 0 Å². The van der Waals surface area contributed by atoms with Crippen LogP contribution < -0.4 is 5.32 Å². The van der Waals surface area contributed by atoms with Crippen molar-refractivity contribution in [3.05, 3.63) is 78.6 Å². The third kappa shape index (κ3) is 2.67. The molecule has 0 aliphatic heterocycles. The molecule has 0 saturated carbocycles. The largest absolute Gasteiger partial charge is 0.472 e. The highest BCUT2D eigenvalue weighted by molar-refractivity contribution is 6.06. The summed E-state index contributed by atoms with van der Waals surface area (Å²) in [5, 5.41) is 3.86. The van der Waals surface area contributed by atoms with Crippen LogP contribution in [0.15, 0.2) is 71.9 Å². The second kappa shape index (κ2) is 6.04. The predicted molar refractivity (Wildman–Crippen MR) is 91.4 cm³/mol. The van der Waals surface area contributed by atoms with Gasteiger partial charge in [-0.25, -0.2) is 0 Å². The average molecular weight is 317 g/mol. The summed E-state index contributed by atoms with van der Waals surface area (Å²) < 4.78 is 5.10. The minimum atomic E-state index is -0.110. The summed E-state index contributed by atoms with van der Waals surface area (Å²) in [6, 6.07) is 11.6. The molecule has 3 aromatic heterocycles. The Bertz CT molecular complexity index is 987. The second-order valence-corrected chi connectivity index (χ2v) is 5.52. The number of hydrogen-bond acceptors (Lipinski definition) is 3. The van der Waals surface area contributed by atoms with Gasteiger partial charge in [0.2, 0.25) is 0 Å². The number of carbonyl (C=O) groups excluding carboxylic acids is 1. The number of amides is 1. The molecular weight excluding hydrogens is 302 g/mol. The van der Waals surface area contributed by atoms with Crippen LogP contribution in [0.4, 0.5) is 0 Å². The molecule has 2 N–H and O–H groups in total. The molecule has 0 unspecified atom stereocenters. The van der Waals surface area contributed by atoms with E-state index in [4.69, 9.17) is 4.42 Å². The molecule has 0 fully saturated rings. The Labute approximate surface area is 138 Å². The first-order chi connectivity index (χ1) is 11.8. The lowest BCUT2D eigenvalue weighted by atomic mass is 10.1. The van der Waals surface area contributed by atoms with Crippen molar-refractivity contribution in [2.24, 2.45) is 0 Å². The van der Waals surface area contributed by atoms with Gasteiger partial charge in [0.25, 0.3) is 5.91 Å². The van der Waals surface area contributed by atoms with Crippen molar-refractivity contribution in [3.63, 3.8) is 0 Å². The van der Waals surface area contributed by atoms with Gasteiger partial charge in [-0.2, -0.15) is 0 Å². The summed E-state index contributed by atoms with van der Waals surface area (Å²) in [6.45, 7) is 0.414. The van der Waals surface area contributed by atoms with E-state index < -0.39 is 0 Å². The third-order valence-corrected chi connectivity index (χ3v) is 3.94. The molecule has 0 bridgehead atoms. The number of para-hydroxylation sites is 1. The zero-order valence-corrected chi connectivity index (χ0v) is 12.8. The lowest BCUT2D eigenvalue weighted by Gasteiger charge is -2.06. The Hall–Kier alpha value is -3.34. The van der Waals surface area contributed by atoms with Crippen molar-refractivity contribution >= 4 is 16.8 Å². The molecule has 5 nitrogen and oxygen atoms in total. The fourth-order valence-corrected chi connectivity index (χ4v) is 2.71. The SMILES string of the molecule is O=C(NCc1cncc(-c2ccoc2)c1)c1c[nH]c2ccccc12. The van der Waals surface area contributed by atoms with Crippen LogP contribution in [0.1, 0.15) is 15.9 Å². The van der Waals surface area contributed by atoms with Crippen molar-refractivity contribution in [1.82, 2.24) is 15.3 Å². The number of aromatic nitrogens is 2. The Morgan fingerprint density at radius 3 is 2.96 bits per heavy atom. The fourth-order valence-electron chi connectivity index (χ4n) is 2.71. The molecule has 1 amide bonds. The van der Waals surface area contributed by atoms with Crippen molar-refractivity contribution in [3.8, 4) is 11.1 Å². The van der Waals surface area contributed by atoms with Gasteiger partial charge in [0, 0.05) is 47.2 Å². The van der Waals surface area contributed by atoms with E-state index in [9.17, 15) is 4.79 Å². The van der Waals surface area contributed by atoms with Gasteiger partial charge in [0.15, 0.2) is 0 Å². The van der Waals surface area contributed by atoms with E-state index in [2.05, 4.69) is 15.3 Å². The number of fused-ring (bicyclic) bond motifs is 1. The maximum absolute atomic E-state index is 12.4. The van der Waals surface area contributed by atoms with Gasteiger partial charge in [0.1, 0.15) is 0 Å². The number of benzene rings is 1. The topological polar surface area (TPSA) is 70.9 Å². The van der Waals surface area contributed by atoms with Crippen LogP contribution in [0.2, 0.25) is 0 Å². The average Bonchev–Trinajstić information content (AvgIpc) is 3.29. The number of pyridine rings is 1. The van der Waals surface area contributed by atoms with Crippen LogP contribution in [0.5, 0.6) is 0 Å². The van der Waals surface area contributed by atoms with Gasteiger partial charge in [-0.1, -0.05) is 18.2 Å². The summed E-state index contributed by atoms with van der Waals surface area (Å²) in [5.41, 5.74) is 4.45. The standard InChI is InChI=1S/C19H15N3O2/c23-19(17-11-21-18-4-2-1-3-16(17)18)22-9-13-7-15(10-20-8-13)14-5-6-24-12-14/h1-8,10-12,21H,9H2,(H,22,23). The molecule has 4 rings (SSSR count). The minimum Gasteiger partial charge on any atom is -0.472 e. The van der Waals surface area contributed by atoms with Gasteiger partial charge in [-0.3, -0.25) is 9.78 Å². The number of H-pyrrole nitrogens is 1. The summed E-state index contributed by atoms with van der Waals surface area (Å²) >= 11 is 0. The normalized spacial score (nSPS) is 10.8. The Morgan fingerprint density at radius 1 is 1.17 bits per heavy atom. The van der Waals surface area contributed by atoms with Crippen molar-refractivity contribution in [2.75, 3.05) is 0 Å². The monoisotopic (exact) mass is 317 g/mol. The van der Waals surface area contributed by atoms with E-state index in [-0.39, 0.29) is 5.91 Å². The summed E-state index contributed by atoms with van der Waals surface area (Å²) in [7, 11) is 0. The predicted octanol–water partition coefficient (Wildman–Crippen LogP) is 3.75. The molecule has 0 aliphatic carbocycles. The first-order valence-corrected chi connectivity index (χ1v) is 7.62. The molecule has 4 aromatic rings. The van der Waals surface area contributed by atoms with Gasteiger partial charge in [-0.05, 0) is 23.8 Å². The quantitative estimate of drug-likeness (QED) is 0.602. The van der Waals surface area contributed by atoms with Crippen molar-refractivity contribution in [2.45, 2.75) is 6.54 Å². The maximum Gasteiger partial charge on any atom is 0.253 e. The Kier molecular flexibility index (Phi) is 3.59. The van der Waals surface area contributed by atoms with Crippen LogP contribution in [-0.2, 0) is 6.54 Å². The molecule has 3 heterocycles. The van der Waals surface area contributed by atoms with Crippen molar-refractivity contribution in [1.29, 1.82) is 0 Å². The second-order valence-electron chi connectivity index (χ2n) is 5.52. The van der Waals surface area contributed by atoms with Crippen LogP contribution >= 0.6 is 0 Å². The van der Waals surface area contributed by atoms with Gasteiger partial charge in [0.05, 0.1) is 18.1 Å². The molecule has 0 aliphatic rings. The maximum atomic E-state index is 12.4. The molecular formula is C19H15N3O2. The third-order valence-electron chi connectivity index (χ3n) is 3.94. The van der Waals surface area contributed by atoms with Crippen LogP contribution in [0.3, 0.4) is 0 Å². The molecule has 0 spiro atoms. The summed E-state index contributed by atoms with van der Waals surface area (Å²) in [4.78, 5) is 19.8. The van der Waals surface area contributed by atoms with Crippen molar-refractivity contribution < 1.29 is 9.21 Å². The van der Waals surface area contributed by atoms with Gasteiger partial charge in [-0.15, -0.1) is 0 Å². The summed E-state index contributed by atoms with van der Waals surface area (Å²) in [6.07, 6.45) is 8.56. The number of carbonyl (C=O) groups is 1. The van der Waals surface area contributed by atoms with E-state index in [0.717, 1.165) is 27.6 Å². The van der Waals surface area contributed by atoms with Crippen LogP contribution in [0, 0.1) is 0 Å². The smallest absolute Gasteiger partial charge is 0.253 e. The van der Waals surface area contributed by atoms with Gasteiger partial charge >= 0.3 is 0 Å². The van der Waals surface area contributed by atoms with E-state index in [1.165, 1.54) is 0 Å². The zero-order valence-electron chi connectivity index (χ0n) is 12.8. The molecule has 24 heavy (non-hydrogen) atoms. The summed E-state index contributed by atoms with van der Waals surface area (Å²) in [5.74, 6) is -0.110. The number of rotatable bonds is 4. The fraction of sp³-hybridized carbons (Fsp3) is 0.0526. The van der Waals surface area contributed by atoms with Gasteiger partial charge < -0.3 is 14.7 Å². The van der Waals surface area contributed by atoms with E-state index in [0.29, 0.717) is 12.1 Å². The molecule has 5 heteroatoms. The lowest BCUT2D eigenvalue weighted by Crippen LogP contribution is -2.22. The highest BCUT2D eigenvalue weighted by Crippen LogP contribution is 2.20. The molecule has 0 atom stereocenters. The minimum absolute atomic E-state index is 0.110. The zero-order chi connectivity index (χ0) is 16.4. The molecule has 0 radical (unpaired) electrons. The molecule has 1 aromatic carbocycles.